The first-order valence-electron chi connectivity index (χ1n) is 8.86. The van der Waals surface area contributed by atoms with Crippen LogP contribution in [0.4, 0.5) is 4.39 Å². The zero-order chi connectivity index (χ0) is 19.9. The van der Waals surface area contributed by atoms with Crippen molar-refractivity contribution < 1.29 is 18.7 Å². The highest BCUT2D eigenvalue weighted by Crippen LogP contribution is 2.22. The summed E-state index contributed by atoms with van der Waals surface area (Å²) in [6, 6.07) is 21.7. The average Bonchev–Trinajstić information content (AvgIpc) is 2.72. The highest BCUT2D eigenvalue weighted by Gasteiger charge is 2.17. The fourth-order valence-electron chi connectivity index (χ4n) is 2.82. The molecule has 4 nitrogen and oxygen atoms in total. The zero-order valence-electron chi connectivity index (χ0n) is 15.4. The van der Waals surface area contributed by atoms with Gasteiger partial charge in [0.1, 0.15) is 11.6 Å². The van der Waals surface area contributed by atoms with Crippen molar-refractivity contribution in [3.8, 4) is 5.75 Å². The molecule has 0 aromatic heterocycles. The summed E-state index contributed by atoms with van der Waals surface area (Å²) in [4.78, 5) is 23.9. The molecule has 5 heteroatoms. The third-order valence-corrected chi connectivity index (χ3v) is 4.25. The lowest BCUT2D eigenvalue weighted by atomic mass is 9.98. The van der Waals surface area contributed by atoms with Crippen molar-refractivity contribution >= 4 is 11.7 Å². The molecule has 3 aromatic rings. The van der Waals surface area contributed by atoms with E-state index in [0.717, 1.165) is 11.1 Å². The van der Waals surface area contributed by atoms with Gasteiger partial charge in [-0.05, 0) is 42.3 Å². The fourth-order valence-corrected chi connectivity index (χ4v) is 2.82. The number of ketones is 1. The molecule has 28 heavy (non-hydrogen) atoms. The maximum absolute atomic E-state index is 13.3. The van der Waals surface area contributed by atoms with Gasteiger partial charge in [-0.15, -0.1) is 0 Å². The molecule has 0 aliphatic rings. The van der Waals surface area contributed by atoms with Gasteiger partial charge in [0.15, 0.2) is 12.4 Å². The first-order valence-corrected chi connectivity index (χ1v) is 8.86. The molecule has 1 amide bonds. The summed E-state index contributed by atoms with van der Waals surface area (Å²) in [6.45, 7) is 1.27. The second-order valence-corrected chi connectivity index (χ2v) is 6.34. The molecule has 0 saturated heterocycles. The monoisotopic (exact) mass is 377 g/mol. The quantitative estimate of drug-likeness (QED) is 0.624. The number of hydrogen-bond acceptors (Lipinski definition) is 3. The minimum absolute atomic E-state index is 0.0737. The number of amides is 1. The number of Topliss-reactive ketones (excluding diaryl/α,β-unsaturated/α-hetero) is 1. The average molecular weight is 377 g/mol. The highest BCUT2D eigenvalue weighted by molar-refractivity contribution is 5.94. The Labute approximate surface area is 163 Å². The summed E-state index contributed by atoms with van der Waals surface area (Å²) in [5.41, 5.74) is 2.16. The fraction of sp³-hybridized carbons (Fsp3) is 0.130. The summed E-state index contributed by atoms with van der Waals surface area (Å²) in [5, 5.41) is 2.92. The van der Waals surface area contributed by atoms with Gasteiger partial charge in [-0.25, -0.2) is 4.39 Å². The predicted octanol–water partition coefficient (Wildman–Crippen LogP) is 4.31. The van der Waals surface area contributed by atoms with Crippen molar-refractivity contribution in [3.63, 3.8) is 0 Å². The summed E-state index contributed by atoms with van der Waals surface area (Å²) in [7, 11) is 0. The van der Waals surface area contributed by atoms with E-state index in [-0.39, 0.29) is 24.1 Å². The number of carbonyl (C=O) groups is 2. The van der Waals surface area contributed by atoms with Gasteiger partial charge in [-0.3, -0.25) is 9.59 Å². The Bertz CT molecular complexity index is 955. The number of rotatable bonds is 7. The van der Waals surface area contributed by atoms with Crippen LogP contribution in [0.1, 0.15) is 34.5 Å². The second-order valence-electron chi connectivity index (χ2n) is 6.34. The Morgan fingerprint density at radius 1 is 0.929 bits per heavy atom. The van der Waals surface area contributed by atoms with E-state index in [4.69, 9.17) is 4.74 Å². The summed E-state index contributed by atoms with van der Waals surface area (Å²) < 4.78 is 18.8. The Balaban J connectivity index is 1.72. The lowest BCUT2D eigenvalue weighted by Gasteiger charge is -2.20. The van der Waals surface area contributed by atoms with Gasteiger partial charge < -0.3 is 10.1 Å². The summed E-state index contributed by atoms with van der Waals surface area (Å²) in [6.07, 6.45) is 0. The van der Waals surface area contributed by atoms with E-state index in [1.54, 1.807) is 36.4 Å². The van der Waals surface area contributed by atoms with Gasteiger partial charge in [-0.2, -0.15) is 0 Å². The molecular weight excluding hydrogens is 357 g/mol. The third-order valence-electron chi connectivity index (χ3n) is 4.25. The van der Waals surface area contributed by atoms with Gasteiger partial charge in [0, 0.05) is 5.56 Å². The molecule has 3 aromatic carbocycles. The van der Waals surface area contributed by atoms with Crippen LogP contribution >= 0.6 is 0 Å². The highest BCUT2D eigenvalue weighted by atomic mass is 19.1. The largest absolute Gasteiger partial charge is 0.484 e. The lowest BCUT2D eigenvalue weighted by molar-refractivity contribution is -0.123. The molecule has 0 bridgehead atoms. The molecule has 0 fully saturated rings. The van der Waals surface area contributed by atoms with Gasteiger partial charge >= 0.3 is 0 Å². The van der Waals surface area contributed by atoms with Crippen LogP contribution in [0.2, 0.25) is 0 Å². The molecule has 0 spiro atoms. The molecule has 0 aliphatic carbocycles. The van der Waals surface area contributed by atoms with E-state index < -0.39 is 6.04 Å². The Morgan fingerprint density at radius 3 is 2.29 bits per heavy atom. The third kappa shape index (κ3) is 5.04. The predicted molar refractivity (Wildman–Crippen MR) is 105 cm³/mol. The van der Waals surface area contributed by atoms with Crippen molar-refractivity contribution in [2.75, 3.05) is 6.61 Å². The molecule has 0 saturated carbocycles. The lowest BCUT2D eigenvalue weighted by Crippen LogP contribution is -2.33. The SMILES string of the molecule is CC(=O)c1cccc(OCC(=O)NC(c2ccccc2)c2ccc(F)cc2)c1. The molecule has 1 unspecified atom stereocenters. The minimum Gasteiger partial charge on any atom is -0.484 e. The smallest absolute Gasteiger partial charge is 0.258 e. The van der Waals surface area contributed by atoms with Crippen molar-refractivity contribution in [3.05, 3.63) is 101 Å². The van der Waals surface area contributed by atoms with Gasteiger partial charge in [-0.1, -0.05) is 54.6 Å². The molecule has 3 rings (SSSR count). The molecule has 142 valence electrons. The van der Waals surface area contributed by atoms with Crippen LogP contribution in [0.5, 0.6) is 5.75 Å². The van der Waals surface area contributed by atoms with E-state index in [1.165, 1.54) is 19.1 Å². The minimum atomic E-state index is -0.429. The van der Waals surface area contributed by atoms with Crippen LogP contribution in [-0.2, 0) is 4.79 Å². The summed E-state index contributed by atoms with van der Waals surface area (Å²) >= 11 is 0. The Morgan fingerprint density at radius 2 is 1.61 bits per heavy atom. The van der Waals surface area contributed by atoms with Crippen LogP contribution in [0, 0.1) is 5.82 Å². The maximum Gasteiger partial charge on any atom is 0.258 e. The number of benzene rings is 3. The van der Waals surface area contributed by atoms with Crippen LogP contribution < -0.4 is 10.1 Å². The maximum atomic E-state index is 13.3. The van der Waals surface area contributed by atoms with Gasteiger partial charge in [0.25, 0.3) is 5.91 Å². The van der Waals surface area contributed by atoms with Gasteiger partial charge in [0.2, 0.25) is 0 Å². The standard InChI is InChI=1S/C23H20FNO3/c1-16(26)19-8-5-9-21(14-19)28-15-22(27)25-23(17-6-3-2-4-7-17)18-10-12-20(24)13-11-18/h2-14,23H,15H2,1H3,(H,25,27). The molecule has 0 radical (unpaired) electrons. The first-order chi connectivity index (χ1) is 13.5. The van der Waals surface area contributed by atoms with Crippen molar-refractivity contribution in [1.82, 2.24) is 5.32 Å². The van der Waals surface area contributed by atoms with Crippen molar-refractivity contribution in [2.45, 2.75) is 13.0 Å². The number of hydrogen-bond donors (Lipinski definition) is 1. The van der Waals surface area contributed by atoms with Crippen molar-refractivity contribution in [2.24, 2.45) is 0 Å². The molecule has 0 aliphatic heterocycles. The normalized spacial score (nSPS) is 11.5. The number of halogens is 1. The van der Waals surface area contributed by atoms with E-state index in [2.05, 4.69) is 5.32 Å². The Kier molecular flexibility index (Phi) is 6.17. The van der Waals surface area contributed by atoms with E-state index >= 15 is 0 Å². The molecular formula is C23H20FNO3. The van der Waals surface area contributed by atoms with E-state index in [9.17, 15) is 14.0 Å². The molecule has 0 heterocycles. The van der Waals surface area contributed by atoms with E-state index in [1.807, 2.05) is 30.3 Å². The molecule has 1 atom stereocenters. The number of carbonyl (C=O) groups excluding carboxylic acids is 2. The first kappa shape index (κ1) is 19.3. The number of ether oxygens (including phenoxy) is 1. The van der Waals surface area contributed by atoms with Crippen LogP contribution in [0.25, 0.3) is 0 Å². The van der Waals surface area contributed by atoms with Crippen LogP contribution in [0.15, 0.2) is 78.9 Å². The van der Waals surface area contributed by atoms with Crippen LogP contribution in [0.3, 0.4) is 0 Å². The van der Waals surface area contributed by atoms with Crippen molar-refractivity contribution in [1.29, 1.82) is 0 Å². The topological polar surface area (TPSA) is 55.4 Å². The van der Waals surface area contributed by atoms with Gasteiger partial charge in [0.05, 0.1) is 6.04 Å². The number of nitrogens with one attached hydrogen (secondary N) is 1. The van der Waals surface area contributed by atoms with Crippen LogP contribution in [-0.4, -0.2) is 18.3 Å². The second kappa shape index (κ2) is 8.95. The molecule has 1 N–H and O–H groups in total. The zero-order valence-corrected chi connectivity index (χ0v) is 15.4. The Hall–Kier alpha value is -3.47. The van der Waals surface area contributed by atoms with E-state index in [0.29, 0.717) is 11.3 Å². The summed E-state index contributed by atoms with van der Waals surface area (Å²) in [5.74, 6) is -0.293.